The summed E-state index contributed by atoms with van der Waals surface area (Å²) in [7, 11) is 0. The molecule has 2 N–H and O–H groups in total. The molecular weight excluding hydrogens is 330 g/mol. The minimum atomic E-state index is -0.365. The SMILES string of the molecule is CCCCNC(=O)c1ccccc1NC(=O)[C@H]1CC(=O)N(CCCC)C1. The van der Waals surface area contributed by atoms with Gasteiger partial charge in [0.05, 0.1) is 17.2 Å². The maximum atomic E-state index is 12.6. The van der Waals surface area contributed by atoms with Crippen LogP contribution in [0.25, 0.3) is 0 Å². The molecule has 26 heavy (non-hydrogen) atoms. The molecule has 0 aromatic heterocycles. The maximum Gasteiger partial charge on any atom is 0.253 e. The molecule has 1 aliphatic heterocycles. The summed E-state index contributed by atoms with van der Waals surface area (Å²) >= 11 is 0. The van der Waals surface area contributed by atoms with Crippen molar-refractivity contribution in [2.75, 3.05) is 25.0 Å². The van der Waals surface area contributed by atoms with E-state index in [2.05, 4.69) is 24.5 Å². The van der Waals surface area contributed by atoms with Crippen LogP contribution in [0, 0.1) is 5.92 Å². The van der Waals surface area contributed by atoms with E-state index >= 15 is 0 Å². The second-order valence-corrected chi connectivity index (χ2v) is 6.74. The van der Waals surface area contributed by atoms with E-state index in [4.69, 9.17) is 0 Å². The fraction of sp³-hybridized carbons (Fsp3) is 0.550. The zero-order valence-electron chi connectivity index (χ0n) is 15.7. The summed E-state index contributed by atoms with van der Waals surface area (Å²) in [6, 6.07) is 6.98. The molecule has 2 rings (SSSR count). The lowest BCUT2D eigenvalue weighted by molar-refractivity contribution is -0.128. The molecular formula is C20H29N3O3. The zero-order valence-corrected chi connectivity index (χ0v) is 15.7. The lowest BCUT2D eigenvalue weighted by Crippen LogP contribution is -2.30. The summed E-state index contributed by atoms with van der Waals surface area (Å²) in [5.74, 6) is -0.729. The van der Waals surface area contributed by atoms with Gasteiger partial charge in [-0.2, -0.15) is 0 Å². The van der Waals surface area contributed by atoms with Gasteiger partial charge in [-0.15, -0.1) is 0 Å². The van der Waals surface area contributed by atoms with E-state index in [9.17, 15) is 14.4 Å². The Morgan fingerprint density at radius 3 is 2.62 bits per heavy atom. The highest BCUT2D eigenvalue weighted by molar-refractivity contribution is 6.05. The predicted molar refractivity (Wildman–Crippen MR) is 102 cm³/mol. The molecule has 1 saturated heterocycles. The molecule has 0 aliphatic carbocycles. The highest BCUT2D eigenvalue weighted by Gasteiger charge is 2.34. The molecule has 6 nitrogen and oxygen atoms in total. The Morgan fingerprint density at radius 1 is 1.15 bits per heavy atom. The standard InChI is InChI=1S/C20H29N3O3/c1-3-5-11-21-20(26)16-9-7-8-10-17(16)22-19(25)15-13-18(24)23(14-15)12-6-4-2/h7-10,15H,3-6,11-14H2,1-2H3,(H,21,26)(H,22,25)/t15-/m0/s1. The number of unbranched alkanes of at least 4 members (excludes halogenated alkanes) is 2. The van der Waals surface area contributed by atoms with E-state index in [1.807, 2.05) is 0 Å². The third kappa shape index (κ3) is 5.31. The third-order valence-electron chi connectivity index (χ3n) is 4.61. The van der Waals surface area contributed by atoms with Gasteiger partial charge in [-0.3, -0.25) is 14.4 Å². The Morgan fingerprint density at radius 2 is 1.88 bits per heavy atom. The van der Waals surface area contributed by atoms with Gasteiger partial charge in [0.25, 0.3) is 5.91 Å². The van der Waals surface area contributed by atoms with Crippen LogP contribution < -0.4 is 10.6 Å². The molecule has 1 aromatic carbocycles. The summed E-state index contributed by atoms with van der Waals surface area (Å²) in [5.41, 5.74) is 0.940. The van der Waals surface area contributed by atoms with Crippen LogP contribution in [0.15, 0.2) is 24.3 Å². The Labute approximate surface area is 155 Å². The minimum absolute atomic E-state index is 0.0317. The number of carbonyl (C=O) groups excluding carboxylic acids is 3. The summed E-state index contributed by atoms with van der Waals surface area (Å²) in [6.45, 7) is 5.91. The molecule has 0 spiro atoms. The quantitative estimate of drug-likeness (QED) is 0.666. The van der Waals surface area contributed by atoms with Crippen molar-refractivity contribution in [3.05, 3.63) is 29.8 Å². The highest BCUT2D eigenvalue weighted by atomic mass is 16.2. The molecule has 1 heterocycles. The van der Waals surface area contributed by atoms with Gasteiger partial charge in [0, 0.05) is 26.1 Å². The van der Waals surface area contributed by atoms with Crippen molar-refractivity contribution < 1.29 is 14.4 Å². The molecule has 0 bridgehead atoms. The fourth-order valence-corrected chi connectivity index (χ4v) is 3.01. The number of hydrogen-bond acceptors (Lipinski definition) is 3. The number of nitrogens with one attached hydrogen (secondary N) is 2. The van der Waals surface area contributed by atoms with E-state index in [1.54, 1.807) is 29.2 Å². The highest BCUT2D eigenvalue weighted by Crippen LogP contribution is 2.22. The second-order valence-electron chi connectivity index (χ2n) is 6.74. The Hall–Kier alpha value is -2.37. The van der Waals surface area contributed by atoms with E-state index in [0.29, 0.717) is 30.9 Å². The Balaban J connectivity index is 1.99. The monoisotopic (exact) mass is 359 g/mol. The Kier molecular flexibility index (Phi) is 7.63. The van der Waals surface area contributed by atoms with E-state index in [1.165, 1.54) is 0 Å². The van der Waals surface area contributed by atoms with Crippen LogP contribution in [0.4, 0.5) is 5.69 Å². The van der Waals surface area contributed by atoms with Crippen molar-refractivity contribution in [3.8, 4) is 0 Å². The van der Waals surface area contributed by atoms with Gasteiger partial charge in [-0.05, 0) is 25.0 Å². The Bertz CT molecular complexity index is 645. The molecule has 1 aliphatic rings. The van der Waals surface area contributed by atoms with E-state index in [-0.39, 0.29) is 30.1 Å². The average Bonchev–Trinajstić information content (AvgIpc) is 3.01. The lowest BCUT2D eigenvalue weighted by Gasteiger charge is -2.16. The topological polar surface area (TPSA) is 78.5 Å². The number of benzene rings is 1. The van der Waals surface area contributed by atoms with Crippen molar-refractivity contribution in [1.29, 1.82) is 0 Å². The third-order valence-corrected chi connectivity index (χ3v) is 4.61. The van der Waals surface area contributed by atoms with E-state index in [0.717, 1.165) is 25.7 Å². The number of anilines is 1. The van der Waals surface area contributed by atoms with Crippen LogP contribution in [0.2, 0.25) is 0 Å². The van der Waals surface area contributed by atoms with Gasteiger partial charge >= 0.3 is 0 Å². The van der Waals surface area contributed by atoms with Crippen molar-refractivity contribution >= 4 is 23.4 Å². The zero-order chi connectivity index (χ0) is 18.9. The number of hydrogen-bond donors (Lipinski definition) is 2. The predicted octanol–water partition coefficient (Wildman–Crippen LogP) is 2.80. The van der Waals surface area contributed by atoms with Crippen molar-refractivity contribution in [2.45, 2.75) is 46.0 Å². The van der Waals surface area contributed by atoms with E-state index < -0.39 is 0 Å². The number of para-hydroxylation sites is 1. The summed E-state index contributed by atoms with van der Waals surface area (Å²) in [5, 5.41) is 5.71. The smallest absolute Gasteiger partial charge is 0.253 e. The molecule has 0 unspecified atom stereocenters. The summed E-state index contributed by atoms with van der Waals surface area (Å²) in [6.07, 6.45) is 4.11. The number of nitrogens with zero attached hydrogens (tertiary/aromatic N) is 1. The first-order valence-electron chi connectivity index (χ1n) is 9.52. The largest absolute Gasteiger partial charge is 0.352 e. The molecule has 1 aromatic rings. The molecule has 0 saturated carbocycles. The fourth-order valence-electron chi connectivity index (χ4n) is 3.01. The first kappa shape index (κ1) is 19.9. The van der Waals surface area contributed by atoms with Gasteiger partial charge in [0.1, 0.15) is 0 Å². The molecule has 1 fully saturated rings. The van der Waals surface area contributed by atoms with Crippen LogP contribution in [0.5, 0.6) is 0 Å². The molecule has 142 valence electrons. The minimum Gasteiger partial charge on any atom is -0.352 e. The average molecular weight is 359 g/mol. The number of likely N-dealkylation sites (tertiary alicyclic amines) is 1. The molecule has 3 amide bonds. The van der Waals surface area contributed by atoms with Gasteiger partial charge in [-0.25, -0.2) is 0 Å². The van der Waals surface area contributed by atoms with Crippen LogP contribution in [0.3, 0.4) is 0 Å². The van der Waals surface area contributed by atoms with Crippen LogP contribution in [-0.2, 0) is 9.59 Å². The van der Waals surface area contributed by atoms with Gasteiger partial charge in [0.15, 0.2) is 0 Å². The summed E-state index contributed by atoms with van der Waals surface area (Å²) < 4.78 is 0. The van der Waals surface area contributed by atoms with Crippen LogP contribution in [0.1, 0.15) is 56.3 Å². The van der Waals surface area contributed by atoms with Gasteiger partial charge < -0.3 is 15.5 Å². The van der Waals surface area contributed by atoms with Crippen molar-refractivity contribution in [3.63, 3.8) is 0 Å². The first-order chi connectivity index (χ1) is 12.6. The maximum absolute atomic E-state index is 12.6. The molecule has 1 atom stereocenters. The van der Waals surface area contributed by atoms with Crippen molar-refractivity contribution in [1.82, 2.24) is 10.2 Å². The lowest BCUT2D eigenvalue weighted by atomic mass is 10.1. The number of rotatable bonds is 9. The van der Waals surface area contributed by atoms with Crippen LogP contribution >= 0.6 is 0 Å². The molecule has 6 heteroatoms. The van der Waals surface area contributed by atoms with Gasteiger partial charge in [-0.1, -0.05) is 38.8 Å². The normalized spacial score (nSPS) is 16.6. The van der Waals surface area contributed by atoms with Crippen molar-refractivity contribution in [2.24, 2.45) is 5.92 Å². The van der Waals surface area contributed by atoms with Gasteiger partial charge in [0.2, 0.25) is 11.8 Å². The second kappa shape index (κ2) is 9.94. The summed E-state index contributed by atoms with van der Waals surface area (Å²) in [4.78, 5) is 38.7. The number of carbonyl (C=O) groups is 3. The van der Waals surface area contributed by atoms with Crippen LogP contribution in [-0.4, -0.2) is 42.3 Å². The molecule has 0 radical (unpaired) electrons. The number of amides is 3. The first-order valence-corrected chi connectivity index (χ1v) is 9.52.